The lowest BCUT2D eigenvalue weighted by molar-refractivity contribution is 0.0766. The van der Waals surface area contributed by atoms with Crippen molar-refractivity contribution in [3.05, 3.63) is 23.8 Å². The molecule has 1 aliphatic heterocycles. The third-order valence-electron chi connectivity index (χ3n) is 3.97. The molecule has 0 radical (unpaired) electrons. The number of hydrogen-bond donors (Lipinski definition) is 0. The van der Waals surface area contributed by atoms with Crippen molar-refractivity contribution >= 4 is 5.91 Å². The number of hydrogen-bond acceptors (Lipinski definition) is 4. The molecule has 1 aliphatic rings. The Labute approximate surface area is 121 Å². The molecule has 1 fully saturated rings. The quantitative estimate of drug-likeness (QED) is 0.841. The predicted octanol–water partition coefficient (Wildman–Crippen LogP) is 1.77. The van der Waals surface area contributed by atoms with Crippen LogP contribution < -0.4 is 0 Å². The van der Waals surface area contributed by atoms with Gasteiger partial charge in [-0.15, -0.1) is 0 Å². The lowest BCUT2D eigenvalue weighted by Crippen LogP contribution is -2.33. The maximum Gasteiger partial charge on any atom is 0.274 e. The number of likely N-dealkylation sites (tertiary alicyclic amines) is 1. The Kier molecular flexibility index (Phi) is 5.06. The minimum atomic E-state index is -0.0199. The standard InChI is InChI=1S/C15H24N4O/c1-4-19(5-2)15(20)14-10-16-9-13(17-14)12-7-6-8-18(3)11-12/h9-10,12H,4-8,11H2,1-3H3. The predicted molar refractivity (Wildman–Crippen MR) is 78.8 cm³/mol. The van der Waals surface area contributed by atoms with Crippen molar-refractivity contribution in [1.82, 2.24) is 19.8 Å². The first-order chi connectivity index (χ1) is 9.65. The van der Waals surface area contributed by atoms with Crippen molar-refractivity contribution in [1.29, 1.82) is 0 Å². The highest BCUT2D eigenvalue weighted by atomic mass is 16.2. The molecular weight excluding hydrogens is 252 g/mol. The summed E-state index contributed by atoms with van der Waals surface area (Å²) in [4.78, 5) is 25.2. The maximum atomic E-state index is 12.3. The number of likely N-dealkylation sites (N-methyl/N-ethyl adjacent to an activating group) is 1. The van der Waals surface area contributed by atoms with E-state index in [0.717, 1.165) is 25.2 Å². The fourth-order valence-electron chi connectivity index (χ4n) is 2.76. The van der Waals surface area contributed by atoms with Crippen molar-refractivity contribution in [2.24, 2.45) is 0 Å². The summed E-state index contributed by atoms with van der Waals surface area (Å²) in [5.41, 5.74) is 1.42. The Balaban J connectivity index is 2.17. The minimum Gasteiger partial charge on any atom is -0.338 e. The number of piperidine rings is 1. The molecule has 0 aliphatic carbocycles. The van der Waals surface area contributed by atoms with Gasteiger partial charge in [0.2, 0.25) is 0 Å². The van der Waals surface area contributed by atoms with E-state index in [1.54, 1.807) is 11.1 Å². The first-order valence-corrected chi connectivity index (χ1v) is 7.45. The Morgan fingerprint density at radius 1 is 1.40 bits per heavy atom. The molecule has 0 saturated carbocycles. The Bertz CT molecular complexity index is 459. The van der Waals surface area contributed by atoms with E-state index in [-0.39, 0.29) is 5.91 Å². The number of rotatable bonds is 4. The second kappa shape index (κ2) is 6.79. The van der Waals surface area contributed by atoms with Crippen molar-refractivity contribution in [2.75, 3.05) is 33.2 Å². The van der Waals surface area contributed by atoms with Gasteiger partial charge in [-0.05, 0) is 40.3 Å². The summed E-state index contributed by atoms with van der Waals surface area (Å²) in [6.45, 7) is 7.50. The summed E-state index contributed by atoms with van der Waals surface area (Å²) in [5, 5.41) is 0. The average Bonchev–Trinajstić information content (AvgIpc) is 2.48. The van der Waals surface area contributed by atoms with E-state index in [0.29, 0.717) is 24.7 Å². The monoisotopic (exact) mass is 276 g/mol. The summed E-state index contributed by atoms with van der Waals surface area (Å²) in [6, 6.07) is 0. The number of nitrogens with zero attached hydrogens (tertiary/aromatic N) is 4. The molecule has 0 aromatic carbocycles. The summed E-state index contributed by atoms with van der Waals surface area (Å²) in [7, 11) is 2.13. The van der Waals surface area contributed by atoms with Crippen LogP contribution in [0.15, 0.2) is 12.4 Å². The van der Waals surface area contributed by atoms with Gasteiger partial charge in [-0.25, -0.2) is 4.98 Å². The largest absolute Gasteiger partial charge is 0.338 e. The third kappa shape index (κ3) is 3.33. The zero-order chi connectivity index (χ0) is 14.5. The molecule has 0 N–H and O–H groups in total. The SMILES string of the molecule is CCN(CC)C(=O)c1cncc(C2CCCN(C)C2)n1. The summed E-state index contributed by atoms with van der Waals surface area (Å²) < 4.78 is 0. The Hall–Kier alpha value is -1.49. The van der Waals surface area contributed by atoms with Crippen LogP contribution in [0.1, 0.15) is 48.8 Å². The normalized spacial score (nSPS) is 19.9. The third-order valence-corrected chi connectivity index (χ3v) is 3.97. The van der Waals surface area contributed by atoms with Crippen LogP contribution in [0, 0.1) is 0 Å². The highest BCUT2D eigenvalue weighted by molar-refractivity contribution is 5.92. The van der Waals surface area contributed by atoms with Crippen molar-refractivity contribution in [3.63, 3.8) is 0 Å². The fourth-order valence-corrected chi connectivity index (χ4v) is 2.76. The van der Waals surface area contributed by atoms with Gasteiger partial charge < -0.3 is 9.80 Å². The maximum absolute atomic E-state index is 12.3. The molecule has 0 bridgehead atoms. The molecule has 1 aromatic heterocycles. The number of aromatic nitrogens is 2. The molecule has 2 heterocycles. The van der Waals surface area contributed by atoms with Crippen LogP contribution in [-0.4, -0.2) is 58.9 Å². The van der Waals surface area contributed by atoms with Crippen LogP contribution in [0.25, 0.3) is 0 Å². The minimum absolute atomic E-state index is 0.0199. The zero-order valence-electron chi connectivity index (χ0n) is 12.7. The molecule has 1 saturated heterocycles. The van der Waals surface area contributed by atoms with Gasteiger partial charge in [-0.1, -0.05) is 0 Å². The van der Waals surface area contributed by atoms with Gasteiger partial charge in [-0.3, -0.25) is 9.78 Å². The van der Waals surface area contributed by atoms with Crippen LogP contribution in [0.4, 0.5) is 0 Å². The van der Waals surface area contributed by atoms with Gasteiger partial charge in [0.1, 0.15) is 5.69 Å². The molecular formula is C15H24N4O. The number of carbonyl (C=O) groups is 1. The topological polar surface area (TPSA) is 49.3 Å². The van der Waals surface area contributed by atoms with Crippen LogP contribution in [0.3, 0.4) is 0 Å². The van der Waals surface area contributed by atoms with E-state index in [4.69, 9.17) is 0 Å². The molecule has 1 atom stereocenters. The summed E-state index contributed by atoms with van der Waals surface area (Å²) in [6.07, 6.45) is 5.69. The van der Waals surface area contributed by atoms with Gasteiger partial charge in [0.05, 0.1) is 11.9 Å². The van der Waals surface area contributed by atoms with Crippen LogP contribution in [-0.2, 0) is 0 Å². The van der Waals surface area contributed by atoms with Crippen LogP contribution in [0.2, 0.25) is 0 Å². The Morgan fingerprint density at radius 3 is 2.80 bits per heavy atom. The van der Waals surface area contributed by atoms with Crippen molar-refractivity contribution < 1.29 is 4.79 Å². The first-order valence-electron chi connectivity index (χ1n) is 7.45. The van der Waals surface area contributed by atoms with Crippen LogP contribution >= 0.6 is 0 Å². The van der Waals surface area contributed by atoms with Crippen molar-refractivity contribution in [2.45, 2.75) is 32.6 Å². The van der Waals surface area contributed by atoms with E-state index in [2.05, 4.69) is 21.9 Å². The lowest BCUT2D eigenvalue weighted by atomic mass is 9.95. The zero-order valence-corrected chi connectivity index (χ0v) is 12.7. The smallest absolute Gasteiger partial charge is 0.274 e. The van der Waals surface area contributed by atoms with E-state index in [1.807, 2.05) is 20.0 Å². The molecule has 5 heteroatoms. The van der Waals surface area contributed by atoms with Gasteiger partial charge in [-0.2, -0.15) is 0 Å². The molecule has 1 unspecified atom stereocenters. The highest BCUT2D eigenvalue weighted by Crippen LogP contribution is 2.24. The molecule has 110 valence electrons. The molecule has 5 nitrogen and oxygen atoms in total. The Morgan fingerprint density at radius 2 is 2.15 bits per heavy atom. The molecule has 1 aromatic rings. The fraction of sp³-hybridized carbons (Fsp3) is 0.667. The number of amides is 1. The van der Waals surface area contributed by atoms with Gasteiger partial charge in [0.25, 0.3) is 5.91 Å². The summed E-state index contributed by atoms with van der Waals surface area (Å²) in [5.74, 6) is 0.374. The van der Waals surface area contributed by atoms with Gasteiger partial charge >= 0.3 is 0 Å². The first kappa shape index (κ1) is 14.9. The van der Waals surface area contributed by atoms with Gasteiger partial charge in [0.15, 0.2) is 0 Å². The van der Waals surface area contributed by atoms with Crippen LogP contribution in [0.5, 0.6) is 0 Å². The second-order valence-electron chi connectivity index (χ2n) is 5.41. The average molecular weight is 276 g/mol. The van der Waals surface area contributed by atoms with E-state index < -0.39 is 0 Å². The molecule has 2 rings (SSSR count). The highest BCUT2D eigenvalue weighted by Gasteiger charge is 2.22. The lowest BCUT2D eigenvalue weighted by Gasteiger charge is -2.29. The number of carbonyl (C=O) groups excluding carboxylic acids is 1. The van der Waals surface area contributed by atoms with E-state index in [9.17, 15) is 4.79 Å². The molecule has 0 spiro atoms. The van der Waals surface area contributed by atoms with Crippen molar-refractivity contribution in [3.8, 4) is 0 Å². The second-order valence-corrected chi connectivity index (χ2v) is 5.41. The molecule has 20 heavy (non-hydrogen) atoms. The summed E-state index contributed by atoms with van der Waals surface area (Å²) >= 11 is 0. The van der Waals surface area contributed by atoms with Gasteiger partial charge in [0, 0.05) is 31.7 Å². The molecule has 1 amide bonds. The van der Waals surface area contributed by atoms with E-state index in [1.165, 1.54) is 6.42 Å². The van der Waals surface area contributed by atoms with E-state index >= 15 is 0 Å².